The largest absolute Gasteiger partial charge is 0.496 e. The van der Waals surface area contributed by atoms with Crippen LogP contribution in [0, 0.1) is 6.92 Å². The summed E-state index contributed by atoms with van der Waals surface area (Å²) in [6, 6.07) is 5.06. The third-order valence-corrected chi connectivity index (χ3v) is 2.68. The van der Waals surface area contributed by atoms with Crippen LogP contribution in [-0.4, -0.2) is 28.4 Å². The van der Waals surface area contributed by atoms with Gasteiger partial charge < -0.3 is 9.84 Å². The molecular weight excluding hydrogens is 236 g/mol. The number of methoxy groups -OCH3 is 1. The number of rotatable bonds is 3. The van der Waals surface area contributed by atoms with Gasteiger partial charge in [0.25, 0.3) is 5.56 Å². The molecule has 18 heavy (non-hydrogen) atoms. The number of aromatic amines is 2. The topological polar surface area (TPSA) is 95.2 Å². The lowest BCUT2D eigenvalue weighted by molar-refractivity contribution is 0.0691. The molecule has 3 N–H and O–H groups in total. The minimum Gasteiger partial charge on any atom is -0.496 e. The highest BCUT2D eigenvalue weighted by molar-refractivity contribution is 5.93. The molecule has 2 rings (SSSR count). The Bertz CT molecular complexity index is 654. The van der Waals surface area contributed by atoms with Gasteiger partial charge in [0.15, 0.2) is 5.69 Å². The van der Waals surface area contributed by atoms with Gasteiger partial charge in [-0.15, -0.1) is 0 Å². The lowest BCUT2D eigenvalue weighted by atomic mass is 10.0. The molecule has 2 aromatic rings. The van der Waals surface area contributed by atoms with Crippen LogP contribution in [0.5, 0.6) is 5.75 Å². The van der Waals surface area contributed by atoms with Gasteiger partial charge in [-0.2, -0.15) is 0 Å². The number of H-pyrrole nitrogens is 2. The van der Waals surface area contributed by atoms with E-state index >= 15 is 0 Å². The van der Waals surface area contributed by atoms with Crippen LogP contribution < -0.4 is 10.3 Å². The Hall–Kier alpha value is -2.50. The van der Waals surface area contributed by atoms with E-state index in [0.717, 1.165) is 5.56 Å². The molecule has 0 fully saturated rings. The van der Waals surface area contributed by atoms with Crippen LogP contribution in [0.25, 0.3) is 11.1 Å². The highest BCUT2D eigenvalue weighted by Crippen LogP contribution is 2.25. The SMILES string of the molecule is COc1ccc(-c2c(C(=O)O)[nH][nH]c2=O)cc1C. The van der Waals surface area contributed by atoms with Gasteiger partial charge in [0, 0.05) is 0 Å². The molecule has 0 amide bonds. The predicted octanol–water partition coefficient (Wildman–Crippen LogP) is 1.39. The Kier molecular flexibility index (Phi) is 2.93. The first-order chi connectivity index (χ1) is 8.54. The van der Waals surface area contributed by atoms with Gasteiger partial charge in [0.1, 0.15) is 5.75 Å². The lowest BCUT2D eigenvalue weighted by Crippen LogP contribution is -2.05. The molecule has 0 aliphatic heterocycles. The summed E-state index contributed by atoms with van der Waals surface area (Å²) in [5.74, 6) is -0.501. The second-order valence-corrected chi connectivity index (χ2v) is 3.82. The summed E-state index contributed by atoms with van der Waals surface area (Å²) in [7, 11) is 1.55. The second kappa shape index (κ2) is 4.40. The number of ether oxygens (including phenoxy) is 1. The van der Waals surface area contributed by atoms with Crippen molar-refractivity contribution in [3.8, 4) is 16.9 Å². The number of carbonyl (C=O) groups is 1. The van der Waals surface area contributed by atoms with E-state index in [-0.39, 0.29) is 11.3 Å². The third-order valence-electron chi connectivity index (χ3n) is 2.68. The number of aryl methyl sites for hydroxylation is 1. The van der Waals surface area contributed by atoms with Crippen LogP contribution >= 0.6 is 0 Å². The number of carboxylic acids is 1. The van der Waals surface area contributed by atoms with Crippen molar-refractivity contribution in [3.63, 3.8) is 0 Å². The average molecular weight is 248 g/mol. The Morgan fingerprint density at radius 1 is 1.33 bits per heavy atom. The summed E-state index contributed by atoms with van der Waals surface area (Å²) in [6.07, 6.45) is 0. The fraction of sp³-hybridized carbons (Fsp3) is 0.167. The van der Waals surface area contributed by atoms with Crippen molar-refractivity contribution in [2.75, 3.05) is 7.11 Å². The van der Waals surface area contributed by atoms with Gasteiger partial charge in [0.2, 0.25) is 0 Å². The molecule has 0 saturated heterocycles. The van der Waals surface area contributed by atoms with Crippen molar-refractivity contribution < 1.29 is 14.6 Å². The van der Waals surface area contributed by atoms with E-state index in [4.69, 9.17) is 9.84 Å². The Balaban J connectivity index is 2.62. The Labute approximate surface area is 102 Å². The van der Waals surface area contributed by atoms with Crippen LogP contribution in [0.2, 0.25) is 0 Å². The molecule has 1 aromatic carbocycles. The molecule has 0 unspecified atom stereocenters. The molecule has 1 aromatic heterocycles. The van der Waals surface area contributed by atoms with Gasteiger partial charge >= 0.3 is 5.97 Å². The van der Waals surface area contributed by atoms with E-state index in [1.807, 2.05) is 6.92 Å². The van der Waals surface area contributed by atoms with Crippen molar-refractivity contribution >= 4 is 5.97 Å². The molecule has 0 radical (unpaired) electrons. The van der Waals surface area contributed by atoms with E-state index in [2.05, 4.69) is 10.2 Å². The van der Waals surface area contributed by atoms with E-state index in [0.29, 0.717) is 11.3 Å². The molecule has 6 nitrogen and oxygen atoms in total. The van der Waals surface area contributed by atoms with Crippen LogP contribution in [0.1, 0.15) is 16.1 Å². The molecule has 0 spiro atoms. The molecule has 0 saturated carbocycles. The summed E-state index contributed by atoms with van der Waals surface area (Å²) < 4.78 is 5.12. The minimum atomic E-state index is -1.18. The van der Waals surface area contributed by atoms with Gasteiger partial charge in [-0.1, -0.05) is 6.07 Å². The number of carboxylic acid groups (broad SMARTS) is 1. The average Bonchev–Trinajstić information content (AvgIpc) is 2.71. The zero-order chi connectivity index (χ0) is 13.3. The van der Waals surface area contributed by atoms with Gasteiger partial charge in [0.05, 0.1) is 12.7 Å². The highest BCUT2D eigenvalue weighted by Gasteiger charge is 2.18. The summed E-state index contributed by atoms with van der Waals surface area (Å²) in [5, 5.41) is 13.6. The maximum absolute atomic E-state index is 11.6. The summed E-state index contributed by atoms with van der Waals surface area (Å²) in [6.45, 7) is 1.82. The molecule has 1 heterocycles. The maximum atomic E-state index is 11.6. The first-order valence-corrected chi connectivity index (χ1v) is 5.23. The normalized spacial score (nSPS) is 10.3. The summed E-state index contributed by atoms with van der Waals surface area (Å²) in [5.41, 5.74) is 0.870. The number of aromatic carboxylic acids is 1. The van der Waals surface area contributed by atoms with Crippen molar-refractivity contribution in [2.45, 2.75) is 6.92 Å². The second-order valence-electron chi connectivity index (χ2n) is 3.82. The molecule has 0 aliphatic rings. The van der Waals surface area contributed by atoms with Gasteiger partial charge in [-0.05, 0) is 30.2 Å². The molecule has 0 bridgehead atoms. The van der Waals surface area contributed by atoms with Crippen molar-refractivity contribution in [1.82, 2.24) is 10.2 Å². The fourth-order valence-electron chi connectivity index (χ4n) is 1.83. The Morgan fingerprint density at radius 2 is 2.06 bits per heavy atom. The van der Waals surface area contributed by atoms with E-state index in [9.17, 15) is 9.59 Å². The van der Waals surface area contributed by atoms with Crippen LogP contribution in [0.15, 0.2) is 23.0 Å². The number of aromatic nitrogens is 2. The van der Waals surface area contributed by atoms with Gasteiger partial charge in [-0.25, -0.2) is 4.79 Å². The highest BCUT2D eigenvalue weighted by atomic mass is 16.5. The van der Waals surface area contributed by atoms with Crippen molar-refractivity contribution in [2.24, 2.45) is 0 Å². The number of hydrogen-bond donors (Lipinski definition) is 3. The quantitative estimate of drug-likeness (QED) is 0.764. The van der Waals surface area contributed by atoms with E-state index in [1.54, 1.807) is 25.3 Å². The third kappa shape index (κ3) is 1.88. The monoisotopic (exact) mass is 248 g/mol. The summed E-state index contributed by atoms with van der Waals surface area (Å²) >= 11 is 0. The van der Waals surface area contributed by atoms with E-state index < -0.39 is 11.5 Å². The number of hydrogen-bond acceptors (Lipinski definition) is 3. The molecule has 6 heteroatoms. The fourth-order valence-corrected chi connectivity index (χ4v) is 1.83. The Morgan fingerprint density at radius 3 is 2.61 bits per heavy atom. The molecule has 0 atom stereocenters. The number of nitrogens with one attached hydrogen (secondary N) is 2. The first kappa shape index (κ1) is 12.0. The van der Waals surface area contributed by atoms with Crippen LogP contribution in [-0.2, 0) is 0 Å². The lowest BCUT2D eigenvalue weighted by Gasteiger charge is -2.06. The zero-order valence-electron chi connectivity index (χ0n) is 9.90. The van der Waals surface area contributed by atoms with Gasteiger partial charge in [-0.3, -0.25) is 15.0 Å². The standard InChI is InChI=1S/C12H12N2O4/c1-6-5-7(3-4-8(6)18-2)9-10(12(16)17)13-14-11(9)15/h3-5H,1-2H3,(H,16,17)(H2,13,14,15). The van der Waals surface area contributed by atoms with E-state index in [1.165, 1.54) is 0 Å². The van der Waals surface area contributed by atoms with Crippen LogP contribution in [0.4, 0.5) is 0 Å². The smallest absolute Gasteiger partial charge is 0.354 e. The zero-order valence-corrected chi connectivity index (χ0v) is 9.90. The molecular formula is C12H12N2O4. The first-order valence-electron chi connectivity index (χ1n) is 5.23. The number of benzene rings is 1. The molecule has 0 aliphatic carbocycles. The maximum Gasteiger partial charge on any atom is 0.354 e. The minimum absolute atomic E-state index is 0.119. The van der Waals surface area contributed by atoms with Crippen molar-refractivity contribution in [1.29, 1.82) is 0 Å². The molecule has 94 valence electrons. The predicted molar refractivity (Wildman–Crippen MR) is 65.1 cm³/mol. The van der Waals surface area contributed by atoms with Crippen LogP contribution in [0.3, 0.4) is 0 Å². The summed E-state index contributed by atoms with van der Waals surface area (Å²) in [4.78, 5) is 22.6. The van der Waals surface area contributed by atoms with Crippen molar-refractivity contribution in [3.05, 3.63) is 39.8 Å².